The maximum atomic E-state index is 11.9. The van der Waals surface area contributed by atoms with E-state index in [2.05, 4.69) is 10.3 Å². The highest BCUT2D eigenvalue weighted by Gasteiger charge is 2.09. The van der Waals surface area contributed by atoms with Gasteiger partial charge in [-0.15, -0.1) is 0 Å². The Morgan fingerprint density at radius 2 is 2.14 bits per heavy atom. The second kappa shape index (κ2) is 6.34. The lowest BCUT2D eigenvalue weighted by Gasteiger charge is -2.07. The Morgan fingerprint density at radius 3 is 2.95 bits per heavy atom. The van der Waals surface area contributed by atoms with Crippen molar-refractivity contribution < 1.29 is 9.53 Å². The monoisotopic (exact) mass is 332 g/mol. The highest BCUT2D eigenvalue weighted by atomic mass is 35.5. The Balaban J connectivity index is 1.64. The molecule has 1 N–H and O–H groups in total. The maximum Gasteiger partial charge on any atom is 0.264 e. The number of carbonyl (C=O) groups excluding carboxylic acids is 1. The van der Waals surface area contributed by atoms with Gasteiger partial charge in [0.1, 0.15) is 5.75 Å². The number of aromatic nitrogens is 1. The molecule has 0 aliphatic rings. The van der Waals surface area contributed by atoms with E-state index >= 15 is 0 Å². The lowest BCUT2D eigenvalue weighted by atomic mass is 10.2. The van der Waals surface area contributed by atoms with Crippen molar-refractivity contribution in [3.05, 3.63) is 53.1 Å². The number of para-hydroxylation sites is 1. The van der Waals surface area contributed by atoms with Gasteiger partial charge in [-0.3, -0.25) is 10.1 Å². The molecule has 1 heterocycles. The van der Waals surface area contributed by atoms with Gasteiger partial charge < -0.3 is 4.74 Å². The summed E-state index contributed by atoms with van der Waals surface area (Å²) in [6, 6.07) is 13.0. The molecule has 0 fully saturated rings. The highest BCUT2D eigenvalue weighted by Crippen LogP contribution is 2.28. The first kappa shape index (κ1) is 14.8. The SMILES string of the molecule is Cc1ccccc1OCC(=O)Nc1nc2ccc(Cl)cc2s1. The predicted octanol–water partition coefficient (Wildman–Crippen LogP) is 4.28. The summed E-state index contributed by atoms with van der Waals surface area (Å²) in [6.45, 7) is 1.88. The van der Waals surface area contributed by atoms with Gasteiger partial charge in [-0.1, -0.05) is 41.1 Å². The number of rotatable bonds is 4. The first-order valence-electron chi connectivity index (χ1n) is 6.66. The minimum atomic E-state index is -0.242. The molecule has 0 aliphatic carbocycles. The third-order valence-electron chi connectivity index (χ3n) is 3.05. The minimum Gasteiger partial charge on any atom is -0.483 e. The van der Waals surface area contributed by atoms with Crippen LogP contribution in [0, 0.1) is 6.92 Å². The van der Waals surface area contributed by atoms with Crippen LogP contribution in [0.25, 0.3) is 10.2 Å². The van der Waals surface area contributed by atoms with Crippen LogP contribution in [-0.2, 0) is 4.79 Å². The first-order valence-corrected chi connectivity index (χ1v) is 7.85. The summed E-state index contributed by atoms with van der Waals surface area (Å²) in [5, 5.41) is 3.93. The molecule has 0 aliphatic heterocycles. The average Bonchev–Trinajstić information content (AvgIpc) is 2.87. The van der Waals surface area contributed by atoms with E-state index < -0.39 is 0 Å². The van der Waals surface area contributed by atoms with Crippen molar-refractivity contribution >= 4 is 44.2 Å². The Hall–Kier alpha value is -2.11. The molecule has 1 aromatic heterocycles. The van der Waals surface area contributed by atoms with Crippen LogP contribution in [0.3, 0.4) is 0 Å². The molecule has 2 aromatic carbocycles. The summed E-state index contributed by atoms with van der Waals surface area (Å²) >= 11 is 7.32. The van der Waals surface area contributed by atoms with Crippen molar-refractivity contribution in [3.63, 3.8) is 0 Å². The molecule has 0 saturated carbocycles. The van der Waals surface area contributed by atoms with E-state index in [1.807, 2.05) is 43.3 Å². The fourth-order valence-electron chi connectivity index (χ4n) is 1.97. The maximum absolute atomic E-state index is 11.9. The Labute approximate surface area is 136 Å². The van der Waals surface area contributed by atoms with E-state index in [0.29, 0.717) is 15.9 Å². The van der Waals surface area contributed by atoms with E-state index in [9.17, 15) is 4.79 Å². The lowest BCUT2D eigenvalue weighted by molar-refractivity contribution is -0.118. The molecule has 4 nitrogen and oxygen atoms in total. The molecule has 3 aromatic rings. The molecule has 1 amide bonds. The number of nitrogens with one attached hydrogen (secondary N) is 1. The van der Waals surface area contributed by atoms with Gasteiger partial charge in [0, 0.05) is 5.02 Å². The fraction of sp³-hybridized carbons (Fsp3) is 0.125. The number of carbonyl (C=O) groups is 1. The van der Waals surface area contributed by atoms with Crippen LogP contribution in [0.5, 0.6) is 5.75 Å². The summed E-state index contributed by atoms with van der Waals surface area (Å²) in [6.07, 6.45) is 0. The predicted molar refractivity (Wildman–Crippen MR) is 89.9 cm³/mol. The molecule has 22 heavy (non-hydrogen) atoms. The highest BCUT2D eigenvalue weighted by molar-refractivity contribution is 7.22. The van der Waals surface area contributed by atoms with Crippen molar-refractivity contribution in [3.8, 4) is 5.75 Å². The number of aryl methyl sites for hydroxylation is 1. The number of hydrogen-bond acceptors (Lipinski definition) is 4. The molecular formula is C16H13ClN2O2S. The van der Waals surface area contributed by atoms with Gasteiger partial charge in [-0.05, 0) is 36.8 Å². The van der Waals surface area contributed by atoms with Crippen molar-refractivity contribution in [1.82, 2.24) is 4.98 Å². The van der Waals surface area contributed by atoms with Gasteiger partial charge >= 0.3 is 0 Å². The average molecular weight is 333 g/mol. The lowest BCUT2D eigenvalue weighted by Crippen LogP contribution is -2.20. The van der Waals surface area contributed by atoms with Crippen LogP contribution in [0.4, 0.5) is 5.13 Å². The molecule has 0 radical (unpaired) electrons. The number of fused-ring (bicyclic) bond motifs is 1. The van der Waals surface area contributed by atoms with Gasteiger partial charge in [-0.25, -0.2) is 4.98 Å². The second-order valence-electron chi connectivity index (χ2n) is 4.73. The number of thiazole rings is 1. The first-order chi connectivity index (χ1) is 10.6. The van der Waals surface area contributed by atoms with Crippen LogP contribution in [0.2, 0.25) is 5.02 Å². The summed E-state index contributed by atoms with van der Waals surface area (Å²) < 4.78 is 6.44. The molecule has 0 spiro atoms. The number of nitrogens with zero attached hydrogens (tertiary/aromatic N) is 1. The zero-order chi connectivity index (χ0) is 15.5. The zero-order valence-electron chi connectivity index (χ0n) is 11.8. The molecule has 3 rings (SSSR count). The number of hydrogen-bond donors (Lipinski definition) is 1. The van der Waals surface area contributed by atoms with E-state index in [4.69, 9.17) is 16.3 Å². The number of ether oxygens (including phenoxy) is 1. The van der Waals surface area contributed by atoms with E-state index in [-0.39, 0.29) is 12.5 Å². The van der Waals surface area contributed by atoms with E-state index in [0.717, 1.165) is 15.8 Å². The Morgan fingerprint density at radius 1 is 1.32 bits per heavy atom. The minimum absolute atomic E-state index is 0.0540. The second-order valence-corrected chi connectivity index (χ2v) is 6.20. The van der Waals surface area contributed by atoms with Gasteiger partial charge in [0.2, 0.25) is 0 Å². The summed E-state index contributed by atoms with van der Waals surface area (Å²) in [5.41, 5.74) is 1.80. The summed E-state index contributed by atoms with van der Waals surface area (Å²) in [7, 11) is 0. The van der Waals surface area contributed by atoms with Crippen LogP contribution in [0.15, 0.2) is 42.5 Å². The molecule has 0 unspecified atom stereocenters. The Bertz CT molecular complexity index is 832. The molecule has 0 saturated heterocycles. The van der Waals surface area contributed by atoms with E-state index in [1.165, 1.54) is 11.3 Å². The molecule has 0 bridgehead atoms. The third kappa shape index (κ3) is 3.37. The standard InChI is InChI=1S/C16H13ClN2O2S/c1-10-4-2-3-5-13(10)21-9-15(20)19-16-18-12-7-6-11(17)8-14(12)22-16/h2-8H,9H2,1H3,(H,18,19,20). The number of anilines is 1. The van der Waals surface area contributed by atoms with Crippen molar-refractivity contribution in [1.29, 1.82) is 0 Å². The summed E-state index contributed by atoms with van der Waals surface area (Å²) in [5.74, 6) is 0.460. The molecule has 6 heteroatoms. The van der Waals surface area contributed by atoms with E-state index in [1.54, 1.807) is 6.07 Å². The fourth-order valence-corrected chi connectivity index (χ4v) is 3.13. The smallest absolute Gasteiger partial charge is 0.264 e. The van der Waals surface area contributed by atoms with Crippen LogP contribution >= 0.6 is 22.9 Å². The molecular weight excluding hydrogens is 320 g/mol. The topological polar surface area (TPSA) is 51.2 Å². The summed E-state index contributed by atoms with van der Waals surface area (Å²) in [4.78, 5) is 16.3. The van der Waals surface area contributed by atoms with Crippen molar-refractivity contribution in [2.45, 2.75) is 6.92 Å². The molecule has 112 valence electrons. The van der Waals surface area contributed by atoms with Crippen LogP contribution < -0.4 is 10.1 Å². The van der Waals surface area contributed by atoms with Gasteiger partial charge in [0.05, 0.1) is 10.2 Å². The van der Waals surface area contributed by atoms with Gasteiger partial charge in [0.25, 0.3) is 5.91 Å². The normalized spacial score (nSPS) is 10.6. The quantitative estimate of drug-likeness (QED) is 0.776. The van der Waals surface area contributed by atoms with Crippen LogP contribution in [-0.4, -0.2) is 17.5 Å². The number of amides is 1. The largest absolute Gasteiger partial charge is 0.483 e. The zero-order valence-corrected chi connectivity index (χ0v) is 13.4. The molecule has 0 atom stereocenters. The van der Waals surface area contributed by atoms with Gasteiger partial charge in [-0.2, -0.15) is 0 Å². The van der Waals surface area contributed by atoms with Gasteiger partial charge in [0.15, 0.2) is 11.7 Å². The number of halogens is 1. The third-order valence-corrected chi connectivity index (χ3v) is 4.22. The van der Waals surface area contributed by atoms with Crippen molar-refractivity contribution in [2.75, 3.05) is 11.9 Å². The number of benzene rings is 2. The Kier molecular flexibility index (Phi) is 4.27. The van der Waals surface area contributed by atoms with Crippen LogP contribution in [0.1, 0.15) is 5.56 Å². The van der Waals surface area contributed by atoms with Crippen molar-refractivity contribution in [2.24, 2.45) is 0 Å².